The van der Waals surface area contributed by atoms with E-state index in [1.165, 1.54) is 11.9 Å². The molecule has 112 valence electrons. The van der Waals surface area contributed by atoms with Crippen molar-refractivity contribution in [1.82, 2.24) is 20.5 Å². The number of carbonyl (C=O) groups excluding carboxylic acids is 1. The normalized spacial score (nSPS) is 10.4. The van der Waals surface area contributed by atoms with Crippen molar-refractivity contribution >= 4 is 5.91 Å². The number of rotatable bonds is 6. The van der Waals surface area contributed by atoms with E-state index in [0.29, 0.717) is 13.0 Å². The summed E-state index contributed by atoms with van der Waals surface area (Å²) < 4.78 is 5.62. The molecule has 1 amide bonds. The zero-order valence-corrected chi connectivity index (χ0v) is 12.6. The van der Waals surface area contributed by atoms with Gasteiger partial charge >= 0.3 is 0 Å². The molecular formula is C15H20N4O2. The lowest BCUT2D eigenvalue weighted by Crippen LogP contribution is -2.31. The van der Waals surface area contributed by atoms with Crippen molar-refractivity contribution in [3.8, 4) is 5.75 Å². The number of H-pyrrole nitrogens is 1. The molecule has 0 saturated heterocycles. The molecule has 0 spiro atoms. The molecule has 0 unspecified atom stereocenters. The molecule has 0 atom stereocenters. The smallest absolute Gasteiger partial charge is 0.257 e. The number of amides is 1. The molecule has 2 rings (SSSR count). The Morgan fingerprint density at radius 1 is 1.29 bits per heavy atom. The van der Waals surface area contributed by atoms with Gasteiger partial charge in [0.05, 0.1) is 0 Å². The fourth-order valence-corrected chi connectivity index (χ4v) is 2.25. The van der Waals surface area contributed by atoms with E-state index >= 15 is 0 Å². The Morgan fingerprint density at radius 2 is 2.00 bits per heavy atom. The van der Waals surface area contributed by atoms with Gasteiger partial charge in [-0.2, -0.15) is 5.10 Å². The van der Waals surface area contributed by atoms with Crippen molar-refractivity contribution in [2.45, 2.75) is 27.2 Å². The van der Waals surface area contributed by atoms with E-state index in [4.69, 9.17) is 4.74 Å². The first-order valence-electron chi connectivity index (χ1n) is 6.88. The lowest BCUT2D eigenvalue weighted by molar-refractivity contribution is -0.123. The molecule has 0 aliphatic heterocycles. The second-order valence-corrected chi connectivity index (χ2v) is 5.05. The van der Waals surface area contributed by atoms with E-state index < -0.39 is 0 Å². The van der Waals surface area contributed by atoms with Gasteiger partial charge in [-0.1, -0.05) is 17.7 Å². The Balaban J connectivity index is 1.79. The first-order valence-corrected chi connectivity index (χ1v) is 6.88. The van der Waals surface area contributed by atoms with Crippen LogP contribution in [0.1, 0.15) is 22.5 Å². The van der Waals surface area contributed by atoms with Gasteiger partial charge in [0, 0.05) is 13.0 Å². The molecular weight excluding hydrogens is 268 g/mol. The molecule has 1 aromatic carbocycles. The van der Waals surface area contributed by atoms with E-state index in [-0.39, 0.29) is 12.5 Å². The van der Waals surface area contributed by atoms with Gasteiger partial charge in [-0.25, -0.2) is 4.98 Å². The Morgan fingerprint density at radius 3 is 2.62 bits per heavy atom. The van der Waals surface area contributed by atoms with Crippen molar-refractivity contribution in [3.05, 3.63) is 41.0 Å². The highest BCUT2D eigenvalue weighted by molar-refractivity contribution is 5.77. The molecule has 0 aliphatic carbocycles. The average molecular weight is 288 g/mol. The molecule has 1 heterocycles. The van der Waals surface area contributed by atoms with Gasteiger partial charge in [0.15, 0.2) is 6.61 Å². The molecule has 6 nitrogen and oxygen atoms in total. The summed E-state index contributed by atoms with van der Waals surface area (Å²) >= 11 is 0. The fourth-order valence-electron chi connectivity index (χ4n) is 2.25. The summed E-state index contributed by atoms with van der Waals surface area (Å²) in [6.45, 7) is 6.53. The van der Waals surface area contributed by atoms with Crippen LogP contribution in [0, 0.1) is 20.8 Å². The number of hydrogen-bond acceptors (Lipinski definition) is 4. The summed E-state index contributed by atoms with van der Waals surface area (Å²) in [5, 5.41) is 9.28. The fraction of sp³-hybridized carbons (Fsp3) is 0.400. The van der Waals surface area contributed by atoms with Crippen LogP contribution < -0.4 is 10.1 Å². The summed E-state index contributed by atoms with van der Waals surface area (Å²) in [5.74, 6) is 1.39. The standard InChI is InChI=1S/C15H20N4O2/c1-10-6-11(2)15(12(3)7-10)21-8-14(20)16-5-4-13-17-9-18-19-13/h6-7,9H,4-5,8H2,1-3H3,(H,16,20)(H,17,18,19). The molecule has 1 aromatic heterocycles. The number of benzene rings is 1. The number of nitrogens with zero attached hydrogens (tertiary/aromatic N) is 2. The van der Waals surface area contributed by atoms with E-state index in [0.717, 1.165) is 22.7 Å². The van der Waals surface area contributed by atoms with Gasteiger partial charge in [0.25, 0.3) is 5.91 Å². The van der Waals surface area contributed by atoms with Crippen molar-refractivity contribution in [3.63, 3.8) is 0 Å². The molecule has 0 aliphatic rings. The van der Waals surface area contributed by atoms with Crippen LogP contribution in [-0.4, -0.2) is 34.2 Å². The third kappa shape index (κ3) is 4.30. The number of nitrogens with one attached hydrogen (secondary N) is 2. The van der Waals surface area contributed by atoms with Crippen molar-refractivity contribution in [2.24, 2.45) is 0 Å². The third-order valence-electron chi connectivity index (χ3n) is 3.10. The van der Waals surface area contributed by atoms with Crippen molar-refractivity contribution in [1.29, 1.82) is 0 Å². The number of carbonyl (C=O) groups is 1. The van der Waals surface area contributed by atoms with E-state index in [1.807, 2.05) is 32.9 Å². The maximum Gasteiger partial charge on any atom is 0.257 e. The van der Waals surface area contributed by atoms with Crippen LogP contribution in [-0.2, 0) is 11.2 Å². The first kappa shape index (κ1) is 15.0. The second kappa shape index (κ2) is 6.88. The SMILES string of the molecule is Cc1cc(C)c(OCC(=O)NCCc2ncn[nH]2)c(C)c1. The van der Waals surface area contributed by atoms with Crippen LogP contribution in [0.2, 0.25) is 0 Å². The molecule has 6 heteroatoms. The van der Waals surface area contributed by atoms with Gasteiger partial charge in [-0.15, -0.1) is 0 Å². The van der Waals surface area contributed by atoms with Crippen LogP contribution in [0.25, 0.3) is 0 Å². The molecule has 0 bridgehead atoms. The van der Waals surface area contributed by atoms with Gasteiger partial charge < -0.3 is 10.1 Å². The van der Waals surface area contributed by atoms with Gasteiger partial charge in [-0.05, 0) is 31.9 Å². The summed E-state index contributed by atoms with van der Waals surface area (Å²) in [6.07, 6.45) is 2.07. The largest absolute Gasteiger partial charge is 0.483 e. The Labute approximate surface area is 123 Å². The van der Waals surface area contributed by atoms with Gasteiger partial charge in [0.1, 0.15) is 17.9 Å². The summed E-state index contributed by atoms with van der Waals surface area (Å²) in [6, 6.07) is 4.09. The minimum Gasteiger partial charge on any atom is -0.483 e. The molecule has 0 fully saturated rings. The molecule has 2 N–H and O–H groups in total. The highest BCUT2D eigenvalue weighted by atomic mass is 16.5. The molecule has 2 aromatic rings. The zero-order valence-electron chi connectivity index (χ0n) is 12.6. The predicted molar refractivity (Wildman–Crippen MR) is 79.2 cm³/mol. The van der Waals surface area contributed by atoms with Crippen molar-refractivity contribution < 1.29 is 9.53 Å². The average Bonchev–Trinajstić information content (AvgIpc) is 2.90. The number of aryl methyl sites for hydroxylation is 3. The van der Waals surface area contributed by atoms with Crippen LogP contribution in [0.3, 0.4) is 0 Å². The predicted octanol–water partition coefficient (Wildman–Crippen LogP) is 1.47. The van der Waals surface area contributed by atoms with Gasteiger partial charge in [0.2, 0.25) is 0 Å². The highest BCUT2D eigenvalue weighted by Crippen LogP contribution is 2.24. The number of hydrogen-bond donors (Lipinski definition) is 2. The number of ether oxygens (including phenoxy) is 1. The number of aromatic nitrogens is 3. The van der Waals surface area contributed by atoms with E-state index in [1.54, 1.807) is 0 Å². The number of aromatic amines is 1. The molecule has 0 saturated carbocycles. The minimum absolute atomic E-state index is 0.0150. The lowest BCUT2D eigenvalue weighted by atomic mass is 10.1. The second-order valence-electron chi connectivity index (χ2n) is 5.05. The third-order valence-corrected chi connectivity index (χ3v) is 3.10. The van der Waals surface area contributed by atoms with E-state index in [9.17, 15) is 4.79 Å². The maximum atomic E-state index is 11.8. The van der Waals surface area contributed by atoms with Crippen LogP contribution in [0.15, 0.2) is 18.5 Å². The topological polar surface area (TPSA) is 79.9 Å². The van der Waals surface area contributed by atoms with Crippen LogP contribution in [0.5, 0.6) is 5.75 Å². The van der Waals surface area contributed by atoms with Crippen LogP contribution >= 0.6 is 0 Å². The summed E-state index contributed by atoms with van der Waals surface area (Å²) in [5.41, 5.74) is 3.28. The first-order chi connectivity index (χ1) is 10.1. The monoisotopic (exact) mass is 288 g/mol. The Kier molecular flexibility index (Phi) is 4.92. The minimum atomic E-state index is -0.145. The van der Waals surface area contributed by atoms with Crippen molar-refractivity contribution in [2.75, 3.05) is 13.2 Å². The highest BCUT2D eigenvalue weighted by Gasteiger charge is 2.08. The zero-order chi connectivity index (χ0) is 15.2. The quantitative estimate of drug-likeness (QED) is 0.843. The maximum absolute atomic E-state index is 11.8. The Hall–Kier alpha value is -2.37. The molecule has 21 heavy (non-hydrogen) atoms. The van der Waals surface area contributed by atoms with Gasteiger partial charge in [-0.3, -0.25) is 9.89 Å². The lowest BCUT2D eigenvalue weighted by Gasteiger charge is -2.13. The van der Waals surface area contributed by atoms with Crippen LogP contribution in [0.4, 0.5) is 0 Å². The summed E-state index contributed by atoms with van der Waals surface area (Å²) in [7, 11) is 0. The van der Waals surface area contributed by atoms with E-state index in [2.05, 4.69) is 20.5 Å². The summed E-state index contributed by atoms with van der Waals surface area (Å²) in [4.78, 5) is 15.7. The molecule has 0 radical (unpaired) electrons. The Bertz CT molecular complexity index is 585.